The maximum absolute atomic E-state index is 3.24. The predicted octanol–water partition coefficient (Wildman–Crippen LogP) is 6.25. The molecule has 0 aliphatic rings. The molecular formula is C23H37N2+. The van der Waals surface area contributed by atoms with E-state index in [0.29, 0.717) is 12.0 Å². The molecule has 0 radical (unpaired) electrons. The monoisotopic (exact) mass is 341 g/mol. The molecule has 25 heavy (non-hydrogen) atoms. The number of aromatic nitrogens is 2. The van der Waals surface area contributed by atoms with Crippen molar-refractivity contribution in [3.8, 4) is 0 Å². The van der Waals surface area contributed by atoms with Crippen molar-refractivity contribution >= 4 is 0 Å². The number of hydrogen-bond donors (Lipinski definition) is 1. The molecule has 0 saturated carbocycles. The first-order valence-corrected chi connectivity index (χ1v) is 10.4. The van der Waals surface area contributed by atoms with Crippen LogP contribution in [0.1, 0.15) is 83.2 Å². The number of rotatable bonds is 13. The van der Waals surface area contributed by atoms with E-state index in [2.05, 4.69) is 66.3 Å². The Balaban J connectivity index is 1.88. The summed E-state index contributed by atoms with van der Waals surface area (Å²) in [6.45, 7) is 4.63. The topological polar surface area (TPSA) is 19.7 Å². The summed E-state index contributed by atoms with van der Waals surface area (Å²) in [4.78, 5) is 3.24. The molecule has 0 aliphatic carbocycles. The number of nitrogens with zero attached hydrogens (tertiary/aromatic N) is 1. The second-order valence-corrected chi connectivity index (χ2v) is 7.39. The Morgan fingerprint density at radius 2 is 1.64 bits per heavy atom. The molecule has 2 aromatic rings. The molecule has 2 unspecified atom stereocenters. The van der Waals surface area contributed by atoms with Crippen LogP contribution < -0.4 is 4.57 Å². The maximum atomic E-state index is 3.24. The van der Waals surface area contributed by atoms with E-state index in [0.717, 1.165) is 0 Å². The molecule has 1 heterocycles. The van der Waals surface area contributed by atoms with Gasteiger partial charge in [0.05, 0.1) is 0 Å². The lowest BCUT2D eigenvalue weighted by molar-refractivity contribution is -0.730. The minimum absolute atomic E-state index is 0.604. The van der Waals surface area contributed by atoms with Gasteiger partial charge in [-0.15, -0.1) is 0 Å². The lowest BCUT2D eigenvalue weighted by Gasteiger charge is -2.24. The summed E-state index contributed by atoms with van der Waals surface area (Å²) in [6.07, 6.45) is 19.8. The van der Waals surface area contributed by atoms with Crippen molar-refractivity contribution in [2.45, 2.75) is 84.1 Å². The number of benzene rings is 1. The third kappa shape index (κ3) is 7.05. The van der Waals surface area contributed by atoms with Gasteiger partial charge in [0.25, 0.3) is 0 Å². The first kappa shape index (κ1) is 19.8. The molecule has 1 aromatic carbocycles. The van der Waals surface area contributed by atoms with Gasteiger partial charge in [0.2, 0.25) is 6.33 Å². The van der Waals surface area contributed by atoms with Gasteiger partial charge in [0, 0.05) is 5.92 Å². The van der Waals surface area contributed by atoms with Crippen molar-refractivity contribution < 1.29 is 4.57 Å². The summed E-state index contributed by atoms with van der Waals surface area (Å²) in [7, 11) is 0. The van der Waals surface area contributed by atoms with Crippen LogP contribution in [0.3, 0.4) is 0 Å². The van der Waals surface area contributed by atoms with Gasteiger partial charge in [-0.1, -0.05) is 82.7 Å². The lowest BCUT2D eigenvalue weighted by atomic mass is 9.86. The Labute approximate surface area is 154 Å². The van der Waals surface area contributed by atoms with Gasteiger partial charge in [-0.2, -0.15) is 0 Å². The van der Waals surface area contributed by atoms with Gasteiger partial charge >= 0.3 is 0 Å². The molecule has 1 aromatic heterocycles. The van der Waals surface area contributed by atoms with Crippen LogP contribution in [0, 0.1) is 5.92 Å². The van der Waals surface area contributed by atoms with E-state index >= 15 is 0 Å². The Kier molecular flexibility index (Phi) is 9.40. The summed E-state index contributed by atoms with van der Waals surface area (Å²) in [5, 5.41) is 0. The second-order valence-electron chi connectivity index (χ2n) is 7.39. The minimum Gasteiger partial charge on any atom is -0.250 e. The van der Waals surface area contributed by atoms with Crippen molar-refractivity contribution in [1.82, 2.24) is 4.98 Å². The van der Waals surface area contributed by atoms with E-state index in [1.165, 1.54) is 69.8 Å². The fourth-order valence-electron chi connectivity index (χ4n) is 3.92. The summed E-state index contributed by atoms with van der Waals surface area (Å²) in [5.74, 6) is 0.697. The van der Waals surface area contributed by atoms with Gasteiger partial charge in [-0.05, 0) is 31.2 Å². The van der Waals surface area contributed by atoms with Gasteiger partial charge in [-0.3, -0.25) is 4.98 Å². The smallest absolute Gasteiger partial charge is 0.241 e. The van der Waals surface area contributed by atoms with Crippen LogP contribution in [0.2, 0.25) is 0 Å². The zero-order valence-corrected chi connectivity index (χ0v) is 16.3. The predicted molar refractivity (Wildman–Crippen MR) is 107 cm³/mol. The minimum atomic E-state index is 0.604. The Hall–Kier alpha value is -1.57. The molecule has 0 fully saturated rings. The van der Waals surface area contributed by atoms with Crippen LogP contribution in [0.25, 0.3) is 0 Å². The average molecular weight is 342 g/mol. The zero-order chi connectivity index (χ0) is 17.7. The van der Waals surface area contributed by atoms with Gasteiger partial charge < -0.3 is 0 Å². The normalized spacial score (nSPS) is 13.7. The fraction of sp³-hybridized carbons (Fsp3) is 0.609. The Bertz CT molecular complexity index is 532. The van der Waals surface area contributed by atoms with Crippen LogP contribution in [-0.4, -0.2) is 4.98 Å². The van der Waals surface area contributed by atoms with E-state index in [1.807, 2.05) is 6.20 Å². The first-order valence-electron chi connectivity index (χ1n) is 10.4. The SMILES string of the molecule is CCCCCCCCCC(C(CC)Cc1ccccc1)[n+]1cc[nH]c1. The van der Waals surface area contributed by atoms with E-state index in [4.69, 9.17) is 0 Å². The van der Waals surface area contributed by atoms with Crippen LogP contribution in [0.4, 0.5) is 0 Å². The molecule has 1 N–H and O–H groups in total. The number of aromatic amines is 1. The number of H-pyrrole nitrogens is 1. The number of unbranched alkanes of at least 4 members (excludes halogenated alkanes) is 6. The molecule has 2 nitrogen and oxygen atoms in total. The van der Waals surface area contributed by atoms with E-state index in [-0.39, 0.29) is 0 Å². The number of imidazole rings is 1. The highest BCUT2D eigenvalue weighted by atomic mass is 15.1. The van der Waals surface area contributed by atoms with Gasteiger partial charge in [0.15, 0.2) is 0 Å². The maximum Gasteiger partial charge on any atom is 0.241 e. The lowest BCUT2D eigenvalue weighted by Crippen LogP contribution is -2.42. The number of nitrogens with one attached hydrogen (secondary N) is 1. The molecule has 0 saturated heterocycles. The van der Waals surface area contributed by atoms with Gasteiger partial charge in [-0.25, -0.2) is 4.57 Å². The van der Waals surface area contributed by atoms with Crippen LogP contribution in [0.15, 0.2) is 49.1 Å². The molecule has 0 spiro atoms. The Morgan fingerprint density at radius 1 is 0.920 bits per heavy atom. The molecule has 2 atom stereocenters. The fourth-order valence-corrected chi connectivity index (χ4v) is 3.92. The third-order valence-electron chi connectivity index (χ3n) is 5.46. The Morgan fingerprint density at radius 3 is 2.28 bits per heavy atom. The largest absolute Gasteiger partial charge is 0.250 e. The number of hydrogen-bond acceptors (Lipinski definition) is 0. The molecule has 0 bridgehead atoms. The van der Waals surface area contributed by atoms with Gasteiger partial charge in [0.1, 0.15) is 18.4 Å². The van der Waals surface area contributed by atoms with Crippen LogP contribution in [0.5, 0.6) is 0 Å². The van der Waals surface area contributed by atoms with E-state index < -0.39 is 0 Å². The standard InChI is InChI=1S/C23H36N2/c1-3-5-6-7-8-9-13-16-23(25-18-17-24-20-25)22(4-2)19-21-14-11-10-12-15-21/h10-12,14-15,17-18,20,22-23H,3-9,13,16,19H2,1-2H3/p+1. The van der Waals surface area contributed by atoms with Crippen molar-refractivity contribution in [3.05, 3.63) is 54.6 Å². The first-order chi connectivity index (χ1) is 12.3. The third-order valence-corrected chi connectivity index (χ3v) is 5.46. The highest BCUT2D eigenvalue weighted by Crippen LogP contribution is 2.26. The molecule has 0 aliphatic heterocycles. The van der Waals surface area contributed by atoms with Crippen molar-refractivity contribution in [1.29, 1.82) is 0 Å². The zero-order valence-electron chi connectivity index (χ0n) is 16.3. The van der Waals surface area contributed by atoms with Crippen LogP contribution >= 0.6 is 0 Å². The molecule has 0 amide bonds. The summed E-state index contributed by atoms with van der Waals surface area (Å²) >= 11 is 0. The van der Waals surface area contributed by atoms with Crippen molar-refractivity contribution in [2.24, 2.45) is 5.92 Å². The average Bonchev–Trinajstić information content (AvgIpc) is 3.18. The highest BCUT2D eigenvalue weighted by Gasteiger charge is 2.25. The van der Waals surface area contributed by atoms with E-state index in [9.17, 15) is 0 Å². The van der Waals surface area contributed by atoms with Crippen molar-refractivity contribution in [2.75, 3.05) is 0 Å². The quantitative estimate of drug-likeness (QED) is 0.328. The molecule has 2 rings (SSSR count). The molecule has 2 heteroatoms. The van der Waals surface area contributed by atoms with E-state index in [1.54, 1.807) is 0 Å². The molecule has 138 valence electrons. The second kappa shape index (κ2) is 11.9. The summed E-state index contributed by atoms with van der Waals surface area (Å²) in [6, 6.07) is 11.6. The highest BCUT2D eigenvalue weighted by molar-refractivity contribution is 5.15. The van der Waals surface area contributed by atoms with Crippen molar-refractivity contribution in [3.63, 3.8) is 0 Å². The summed E-state index contributed by atoms with van der Waals surface area (Å²) < 4.78 is 2.41. The van der Waals surface area contributed by atoms with Crippen LogP contribution in [-0.2, 0) is 6.42 Å². The molecular weight excluding hydrogens is 304 g/mol. The summed E-state index contributed by atoms with van der Waals surface area (Å²) in [5.41, 5.74) is 1.47.